The number of rotatable bonds is 6. The Morgan fingerprint density at radius 1 is 0.379 bits per heavy atom. The number of hydrogen-bond donors (Lipinski definition) is 0. The lowest BCUT2D eigenvalue weighted by atomic mass is 9.84. The van der Waals surface area contributed by atoms with Gasteiger partial charge in [0.25, 0.3) is 0 Å². The van der Waals surface area contributed by atoms with Crippen LogP contribution in [-0.4, -0.2) is 9.13 Å². The summed E-state index contributed by atoms with van der Waals surface area (Å²) in [7, 11) is 0. The molecule has 87 heavy (non-hydrogen) atoms. The SMILES string of the molecule is Cc1cc(N(c2ccc(-c3cccc4c3sc3ccccc34)cc2)c2cccc(-n3c4ccc(C(C)(C)C)cc4c4cc(C(C)(C)C)ccc43)c2)c(Cl)c(N2c3ccc(C(C)(C)C)cc3-n3c4ccc(C(C)(C)C)cc4c4cc(C(C)(C)C)cc2c43)c1. The van der Waals surface area contributed by atoms with Crippen LogP contribution in [0.15, 0.2) is 188 Å². The number of fused-ring (bicyclic) bond motifs is 11. The molecule has 0 amide bonds. The van der Waals surface area contributed by atoms with Crippen molar-refractivity contribution in [1.29, 1.82) is 0 Å². The number of anilines is 6. The summed E-state index contributed by atoms with van der Waals surface area (Å²) in [6.45, 7) is 37.0. The zero-order chi connectivity index (χ0) is 61.2. The van der Waals surface area contributed by atoms with Gasteiger partial charge in [-0.05, 0) is 188 Å². The van der Waals surface area contributed by atoms with Crippen LogP contribution in [0.4, 0.5) is 34.1 Å². The van der Waals surface area contributed by atoms with Gasteiger partial charge in [0.05, 0.1) is 55.5 Å². The van der Waals surface area contributed by atoms with Crippen LogP contribution in [0.2, 0.25) is 5.02 Å². The molecule has 0 radical (unpaired) electrons. The molecule has 0 N–H and O–H groups in total. The zero-order valence-electron chi connectivity index (χ0n) is 53.5. The second-order valence-electron chi connectivity index (χ2n) is 29.8. The highest BCUT2D eigenvalue weighted by Gasteiger charge is 2.35. The molecule has 0 atom stereocenters. The number of halogens is 1. The van der Waals surface area contributed by atoms with E-state index in [-0.39, 0.29) is 27.1 Å². The molecule has 13 aromatic rings. The average Bonchev–Trinajstić information content (AvgIpc) is 1.62. The fourth-order valence-corrected chi connectivity index (χ4v) is 15.0. The number of hydrogen-bond acceptors (Lipinski definition) is 3. The van der Waals surface area contributed by atoms with Gasteiger partial charge in [0.15, 0.2) is 0 Å². The Morgan fingerprint density at radius 2 is 0.897 bits per heavy atom. The van der Waals surface area contributed by atoms with Crippen LogP contribution in [0.5, 0.6) is 0 Å². The fraction of sp³-hybridized carbons (Fsp3) is 0.259. The highest BCUT2D eigenvalue weighted by molar-refractivity contribution is 7.26. The smallest absolute Gasteiger partial charge is 0.0887 e. The van der Waals surface area contributed by atoms with Gasteiger partial charge in [0, 0.05) is 58.8 Å². The van der Waals surface area contributed by atoms with Gasteiger partial charge in [-0.25, -0.2) is 0 Å². The van der Waals surface area contributed by atoms with Crippen LogP contribution < -0.4 is 9.80 Å². The van der Waals surface area contributed by atoms with Gasteiger partial charge in [-0.1, -0.05) is 194 Å². The van der Waals surface area contributed by atoms with Crippen molar-refractivity contribution in [2.75, 3.05) is 9.80 Å². The average molecular weight is 1180 g/mol. The van der Waals surface area contributed by atoms with E-state index in [1.165, 1.54) is 103 Å². The fourth-order valence-electron chi connectivity index (χ4n) is 13.4. The first-order chi connectivity index (χ1) is 41.1. The highest BCUT2D eigenvalue weighted by Crippen LogP contribution is 2.56. The number of aryl methyl sites for hydroxylation is 1. The minimum absolute atomic E-state index is 0.0157. The Labute approximate surface area is 523 Å². The van der Waals surface area contributed by atoms with Gasteiger partial charge >= 0.3 is 0 Å². The summed E-state index contributed by atoms with van der Waals surface area (Å²) >= 11 is 10.3. The Morgan fingerprint density at radius 3 is 1.51 bits per heavy atom. The van der Waals surface area contributed by atoms with Crippen molar-refractivity contribution in [2.24, 2.45) is 0 Å². The predicted molar refractivity (Wildman–Crippen MR) is 380 cm³/mol. The summed E-state index contributed by atoms with van der Waals surface area (Å²) in [5.74, 6) is 0. The second-order valence-corrected chi connectivity index (χ2v) is 31.3. The predicted octanol–water partition coefficient (Wildman–Crippen LogP) is 24.6. The largest absolute Gasteiger partial charge is 0.309 e. The van der Waals surface area contributed by atoms with Crippen LogP contribution in [-0.2, 0) is 27.1 Å². The molecular formula is C81H79ClN4S. The molecule has 0 bridgehead atoms. The molecule has 0 saturated carbocycles. The van der Waals surface area contributed by atoms with E-state index in [4.69, 9.17) is 11.6 Å². The molecule has 1 aliphatic rings. The molecule has 14 rings (SSSR count). The van der Waals surface area contributed by atoms with Crippen molar-refractivity contribution in [3.8, 4) is 22.5 Å². The van der Waals surface area contributed by atoms with E-state index in [0.29, 0.717) is 5.02 Å². The van der Waals surface area contributed by atoms with Crippen molar-refractivity contribution < 1.29 is 0 Å². The van der Waals surface area contributed by atoms with Crippen molar-refractivity contribution >= 4 is 121 Å². The first-order valence-corrected chi connectivity index (χ1v) is 32.2. The summed E-state index contributed by atoms with van der Waals surface area (Å²) in [5.41, 5.74) is 22.7. The highest BCUT2D eigenvalue weighted by atomic mass is 35.5. The lowest BCUT2D eigenvalue weighted by molar-refractivity contribution is 0.589. The zero-order valence-corrected chi connectivity index (χ0v) is 55.0. The van der Waals surface area contributed by atoms with Crippen molar-refractivity contribution in [2.45, 2.75) is 138 Å². The molecule has 0 saturated heterocycles. The molecule has 0 unspecified atom stereocenters. The first-order valence-electron chi connectivity index (χ1n) is 31.0. The Bertz CT molecular complexity index is 4900. The topological polar surface area (TPSA) is 16.3 Å². The Balaban J connectivity index is 1.02. The maximum atomic E-state index is 8.46. The summed E-state index contributed by atoms with van der Waals surface area (Å²) in [4.78, 5) is 4.88. The maximum Gasteiger partial charge on any atom is 0.0887 e. The van der Waals surface area contributed by atoms with E-state index < -0.39 is 0 Å². The van der Waals surface area contributed by atoms with E-state index in [1.54, 1.807) is 0 Å². The molecule has 10 aromatic carbocycles. The maximum absolute atomic E-state index is 8.46. The summed E-state index contributed by atoms with van der Waals surface area (Å²) in [6.07, 6.45) is 0. The third-order valence-corrected chi connectivity index (χ3v) is 20.1. The number of aromatic nitrogens is 2. The van der Waals surface area contributed by atoms with Gasteiger partial charge in [0.2, 0.25) is 0 Å². The molecule has 436 valence electrons. The quantitative estimate of drug-likeness (QED) is 0.165. The van der Waals surface area contributed by atoms with Crippen LogP contribution in [0.3, 0.4) is 0 Å². The van der Waals surface area contributed by atoms with Crippen molar-refractivity contribution in [1.82, 2.24) is 9.13 Å². The molecular weight excluding hydrogens is 1100 g/mol. The molecule has 6 heteroatoms. The first kappa shape index (κ1) is 56.7. The summed E-state index contributed by atoms with van der Waals surface area (Å²) < 4.78 is 7.61. The van der Waals surface area contributed by atoms with Crippen molar-refractivity contribution in [3.63, 3.8) is 0 Å². The standard InChI is InChI=1S/C81H79ClN4S/c1-48-39-70(74(82)71(40-48)85-68-38-32-53(80(11,12)13)45-69(68)86-67-37-31-52(79(8,9)10)43-63(67)64-44-54(81(14,15)16)46-72(85)75(64)86)83(55-33-27-49(28-34-55)58-24-20-25-60-59-23-17-18-26-73(59)87-76(58)60)56-21-19-22-57(47-56)84-65-35-29-50(77(2,3)4)41-61(65)62-42-51(78(5,6)7)30-36-66(62)84/h17-47H,1-16H3. The molecule has 0 aliphatic carbocycles. The minimum atomic E-state index is -0.152. The van der Waals surface area contributed by atoms with Crippen molar-refractivity contribution in [3.05, 3.63) is 226 Å². The Kier molecular flexibility index (Phi) is 12.8. The van der Waals surface area contributed by atoms with E-state index in [0.717, 1.165) is 51.1 Å². The lowest BCUT2D eigenvalue weighted by Gasteiger charge is -2.37. The van der Waals surface area contributed by atoms with E-state index >= 15 is 0 Å². The summed E-state index contributed by atoms with van der Waals surface area (Å²) in [6, 6.07) is 71.8. The van der Waals surface area contributed by atoms with Gasteiger partial charge < -0.3 is 18.9 Å². The van der Waals surface area contributed by atoms with Gasteiger partial charge in [-0.2, -0.15) is 0 Å². The molecule has 1 aliphatic heterocycles. The molecule has 0 fully saturated rings. The van der Waals surface area contributed by atoms with Crippen LogP contribution in [0, 0.1) is 6.92 Å². The van der Waals surface area contributed by atoms with Gasteiger partial charge in [-0.3, -0.25) is 0 Å². The lowest BCUT2D eigenvalue weighted by Crippen LogP contribution is -2.22. The summed E-state index contributed by atoms with van der Waals surface area (Å²) in [5, 5.41) is 8.28. The van der Waals surface area contributed by atoms with Gasteiger partial charge in [-0.15, -0.1) is 11.3 Å². The third-order valence-electron chi connectivity index (χ3n) is 18.5. The third kappa shape index (κ3) is 9.37. The molecule has 4 heterocycles. The van der Waals surface area contributed by atoms with Crippen LogP contribution in [0.1, 0.15) is 137 Å². The van der Waals surface area contributed by atoms with E-state index in [1.807, 2.05) is 11.3 Å². The number of thiophene rings is 1. The van der Waals surface area contributed by atoms with Gasteiger partial charge in [0.1, 0.15) is 0 Å². The van der Waals surface area contributed by atoms with E-state index in [9.17, 15) is 0 Å². The van der Waals surface area contributed by atoms with Crippen LogP contribution in [0.25, 0.3) is 86.3 Å². The van der Waals surface area contributed by atoms with E-state index in [2.05, 4.69) is 318 Å². The number of benzene rings is 10. The monoisotopic (exact) mass is 1170 g/mol. The minimum Gasteiger partial charge on any atom is -0.309 e. The number of nitrogens with zero attached hydrogens (tertiary/aromatic N) is 4. The molecule has 3 aromatic heterocycles. The molecule has 4 nitrogen and oxygen atoms in total. The second kappa shape index (κ2) is 19.7. The molecule has 0 spiro atoms. The normalized spacial score (nSPS) is 13.3. The van der Waals surface area contributed by atoms with Crippen LogP contribution >= 0.6 is 22.9 Å². The Hall–Kier alpha value is -8.09.